The van der Waals surface area contributed by atoms with Crippen molar-refractivity contribution < 1.29 is 13.2 Å². The van der Waals surface area contributed by atoms with E-state index in [4.69, 9.17) is 0 Å². The third-order valence-corrected chi connectivity index (χ3v) is 7.20. The van der Waals surface area contributed by atoms with E-state index in [0.717, 1.165) is 16.5 Å². The second kappa shape index (κ2) is 7.93. The molecule has 2 aromatic carbocycles. The molecular formula is C22H23N3O3S. The van der Waals surface area contributed by atoms with E-state index >= 15 is 0 Å². The molecule has 150 valence electrons. The number of nitrogens with zero attached hydrogens (tertiary/aromatic N) is 2. The fourth-order valence-corrected chi connectivity index (χ4v) is 5.20. The van der Waals surface area contributed by atoms with Crippen molar-refractivity contribution >= 4 is 32.5 Å². The molecule has 29 heavy (non-hydrogen) atoms. The first-order valence-corrected chi connectivity index (χ1v) is 11.1. The van der Waals surface area contributed by atoms with Crippen LogP contribution in [-0.4, -0.2) is 36.7 Å². The van der Waals surface area contributed by atoms with Gasteiger partial charge in [0.15, 0.2) is 0 Å². The number of fused-ring (bicyclic) bond motifs is 1. The highest BCUT2D eigenvalue weighted by Crippen LogP contribution is 2.26. The number of hydrogen-bond donors (Lipinski definition) is 1. The molecule has 0 spiro atoms. The van der Waals surface area contributed by atoms with Gasteiger partial charge in [-0.05, 0) is 44.0 Å². The quantitative estimate of drug-likeness (QED) is 0.714. The van der Waals surface area contributed by atoms with Gasteiger partial charge < -0.3 is 5.32 Å². The minimum Gasteiger partial charge on any atom is -0.325 e. The largest absolute Gasteiger partial charge is 0.325 e. The average Bonchev–Trinajstić information content (AvgIpc) is 2.74. The van der Waals surface area contributed by atoms with Crippen LogP contribution in [0.3, 0.4) is 0 Å². The molecular weight excluding hydrogens is 386 g/mol. The highest BCUT2D eigenvalue weighted by molar-refractivity contribution is 7.89. The van der Waals surface area contributed by atoms with Crippen molar-refractivity contribution in [1.29, 1.82) is 0 Å². The molecule has 7 heteroatoms. The highest BCUT2D eigenvalue weighted by Gasteiger charge is 2.33. The lowest BCUT2D eigenvalue weighted by Gasteiger charge is -2.31. The third kappa shape index (κ3) is 4.02. The highest BCUT2D eigenvalue weighted by atomic mass is 32.2. The zero-order chi connectivity index (χ0) is 20.4. The van der Waals surface area contributed by atoms with Crippen LogP contribution in [0, 0.1) is 12.8 Å². The second-order valence-electron chi connectivity index (χ2n) is 7.38. The predicted octanol–water partition coefficient (Wildman–Crippen LogP) is 3.58. The van der Waals surface area contributed by atoms with Gasteiger partial charge in [0.05, 0.1) is 22.0 Å². The SMILES string of the molecule is Cc1ccc(S(=O)(=O)N2CCCC(C(=O)Nc3ccnc4ccccc34)C2)cc1. The van der Waals surface area contributed by atoms with Crippen LogP contribution in [0.4, 0.5) is 5.69 Å². The van der Waals surface area contributed by atoms with Gasteiger partial charge in [-0.1, -0.05) is 35.9 Å². The lowest BCUT2D eigenvalue weighted by atomic mass is 9.98. The van der Waals surface area contributed by atoms with Crippen molar-refractivity contribution in [2.45, 2.75) is 24.7 Å². The van der Waals surface area contributed by atoms with Crippen LogP contribution in [-0.2, 0) is 14.8 Å². The fraction of sp³-hybridized carbons (Fsp3) is 0.273. The molecule has 0 radical (unpaired) electrons. The number of anilines is 1. The van der Waals surface area contributed by atoms with Crippen LogP contribution >= 0.6 is 0 Å². The first-order chi connectivity index (χ1) is 13.9. The smallest absolute Gasteiger partial charge is 0.243 e. The maximum Gasteiger partial charge on any atom is 0.243 e. The Labute approximate surface area is 170 Å². The van der Waals surface area contributed by atoms with E-state index in [1.165, 1.54) is 4.31 Å². The Balaban J connectivity index is 1.52. The number of para-hydroxylation sites is 1. The molecule has 1 saturated heterocycles. The Morgan fingerprint density at radius 3 is 2.66 bits per heavy atom. The second-order valence-corrected chi connectivity index (χ2v) is 9.32. The van der Waals surface area contributed by atoms with Crippen molar-refractivity contribution in [3.63, 3.8) is 0 Å². The standard InChI is InChI=1S/C22H23N3O3S/c1-16-8-10-18(11-9-16)29(27,28)25-14-4-5-17(15-25)22(26)24-21-12-13-23-20-7-3-2-6-19(20)21/h2-3,6-13,17H,4-5,14-15H2,1H3,(H,23,24,26). The monoisotopic (exact) mass is 409 g/mol. The lowest BCUT2D eigenvalue weighted by Crippen LogP contribution is -2.43. The van der Waals surface area contributed by atoms with Gasteiger partial charge >= 0.3 is 0 Å². The Morgan fingerprint density at radius 2 is 1.86 bits per heavy atom. The van der Waals surface area contributed by atoms with Crippen LogP contribution < -0.4 is 5.32 Å². The minimum absolute atomic E-state index is 0.162. The molecule has 1 aromatic heterocycles. The van der Waals surface area contributed by atoms with Gasteiger partial charge in [-0.3, -0.25) is 9.78 Å². The number of carbonyl (C=O) groups excluding carboxylic acids is 1. The molecule has 0 saturated carbocycles. The number of carbonyl (C=O) groups is 1. The maximum absolute atomic E-state index is 13.0. The number of aromatic nitrogens is 1. The van der Waals surface area contributed by atoms with E-state index in [1.807, 2.05) is 31.2 Å². The zero-order valence-corrected chi connectivity index (χ0v) is 17.0. The number of pyridine rings is 1. The Bertz CT molecular complexity index is 1140. The molecule has 4 rings (SSSR count). The summed E-state index contributed by atoms with van der Waals surface area (Å²) in [6.07, 6.45) is 2.97. The molecule has 0 aliphatic carbocycles. The molecule has 1 aliphatic rings. The molecule has 1 atom stereocenters. The van der Waals surface area contributed by atoms with E-state index in [9.17, 15) is 13.2 Å². The van der Waals surface area contributed by atoms with Crippen molar-refractivity contribution in [1.82, 2.24) is 9.29 Å². The normalized spacial score (nSPS) is 17.9. The summed E-state index contributed by atoms with van der Waals surface area (Å²) in [6, 6.07) is 16.2. The summed E-state index contributed by atoms with van der Waals surface area (Å²) in [5, 5.41) is 3.84. The molecule has 1 N–H and O–H groups in total. The number of nitrogens with one attached hydrogen (secondary N) is 1. The summed E-state index contributed by atoms with van der Waals surface area (Å²) in [5.74, 6) is -0.555. The number of amides is 1. The summed E-state index contributed by atoms with van der Waals surface area (Å²) in [6.45, 7) is 2.53. The Morgan fingerprint density at radius 1 is 1.10 bits per heavy atom. The van der Waals surface area contributed by atoms with Gasteiger partial charge in [0.25, 0.3) is 0 Å². The van der Waals surface area contributed by atoms with Crippen molar-refractivity contribution in [2.24, 2.45) is 5.92 Å². The maximum atomic E-state index is 13.0. The molecule has 2 heterocycles. The van der Waals surface area contributed by atoms with Gasteiger partial charge in [0, 0.05) is 24.7 Å². The predicted molar refractivity (Wildman–Crippen MR) is 113 cm³/mol. The number of piperidine rings is 1. The first kappa shape index (κ1) is 19.5. The van der Waals surface area contributed by atoms with Crippen molar-refractivity contribution in [2.75, 3.05) is 18.4 Å². The van der Waals surface area contributed by atoms with Gasteiger partial charge in [-0.15, -0.1) is 0 Å². The number of aryl methyl sites for hydroxylation is 1. The van der Waals surface area contributed by atoms with E-state index in [0.29, 0.717) is 25.1 Å². The van der Waals surface area contributed by atoms with Gasteiger partial charge in [0.2, 0.25) is 15.9 Å². The fourth-order valence-electron chi connectivity index (χ4n) is 3.67. The van der Waals surface area contributed by atoms with Crippen molar-refractivity contribution in [3.05, 3.63) is 66.4 Å². The number of rotatable bonds is 4. The third-order valence-electron chi connectivity index (χ3n) is 5.32. The first-order valence-electron chi connectivity index (χ1n) is 9.66. The zero-order valence-electron chi connectivity index (χ0n) is 16.2. The average molecular weight is 410 g/mol. The van der Waals surface area contributed by atoms with Gasteiger partial charge in [-0.25, -0.2) is 8.42 Å². The number of sulfonamides is 1. The van der Waals surface area contributed by atoms with Crippen LogP contribution in [0.5, 0.6) is 0 Å². The van der Waals surface area contributed by atoms with E-state index in [1.54, 1.807) is 36.5 Å². The number of benzene rings is 2. The van der Waals surface area contributed by atoms with Crippen LogP contribution in [0.25, 0.3) is 10.9 Å². The lowest BCUT2D eigenvalue weighted by molar-refractivity contribution is -0.120. The minimum atomic E-state index is -3.61. The molecule has 6 nitrogen and oxygen atoms in total. The molecule has 1 unspecified atom stereocenters. The van der Waals surface area contributed by atoms with E-state index in [-0.39, 0.29) is 17.3 Å². The summed E-state index contributed by atoms with van der Waals surface area (Å²) >= 11 is 0. The van der Waals surface area contributed by atoms with Crippen LogP contribution in [0.1, 0.15) is 18.4 Å². The molecule has 1 fully saturated rings. The Kier molecular flexibility index (Phi) is 5.34. The van der Waals surface area contributed by atoms with E-state index < -0.39 is 15.9 Å². The van der Waals surface area contributed by atoms with Crippen LogP contribution in [0.2, 0.25) is 0 Å². The topological polar surface area (TPSA) is 79.4 Å². The Hall–Kier alpha value is -2.77. The molecule has 1 aliphatic heterocycles. The van der Waals surface area contributed by atoms with Gasteiger partial charge in [0.1, 0.15) is 0 Å². The summed E-state index contributed by atoms with van der Waals surface area (Å²) in [7, 11) is -3.61. The molecule has 3 aromatic rings. The van der Waals surface area contributed by atoms with Crippen molar-refractivity contribution in [3.8, 4) is 0 Å². The van der Waals surface area contributed by atoms with Gasteiger partial charge in [-0.2, -0.15) is 4.31 Å². The summed E-state index contributed by atoms with van der Waals surface area (Å²) in [4.78, 5) is 17.5. The van der Waals surface area contributed by atoms with Crippen LogP contribution in [0.15, 0.2) is 65.7 Å². The molecule has 0 bridgehead atoms. The number of hydrogen-bond acceptors (Lipinski definition) is 4. The van der Waals surface area contributed by atoms with E-state index in [2.05, 4.69) is 10.3 Å². The summed E-state index contributed by atoms with van der Waals surface area (Å²) < 4.78 is 27.4. The molecule has 1 amide bonds. The summed E-state index contributed by atoms with van der Waals surface area (Å²) in [5.41, 5.74) is 2.50.